The third-order valence-electron chi connectivity index (χ3n) is 3.80. The van der Waals surface area contributed by atoms with Crippen molar-refractivity contribution in [3.63, 3.8) is 0 Å². The molecule has 1 aromatic carbocycles. The fourth-order valence-corrected chi connectivity index (χ4v) is 3.13. The molecule has 0 radical (unpaired) electrons. The molecule has 2 atom stereocenters. The highest BCUT2D eigenvalue weighted by Gasteiger charge is 2.22. The van der Waals surface area contributed by atoms with Gasteiger partial charge in [-0.25, -0.2) is 8.93 Å². The van der Waals surface area contributed by atoms with Crippen molar-refractivity contribution >= 4 is 11.0 Å². The SMILES string of the molecule is C=CC[C@H](CCCCOCc1ccc(OC)cc1)NS(=O)C(C)(C)C. The van der Waals surface area contributed by atoms with Crippen LogP contribution in [0, 0.1) is 0 Å². The standard InChI is InChI=1S/C20H33NO3S/c1-6-9-18(21-25(22)20(2,3)4)10-7-8-15-24-16-17-11-13-19(23-5)14-12-17/h6,11-14,18,21H,1,7-10,15-16H2,2-5H3/t18-,25?/m1/s1. The van der Waals surface area contributed by atoms with Gasteiger partial charge < -0.3 is 9.47 Å². The summed E-state index contributed by atoms with van der Waals surface area (Å²) in [6.07, 6.45) is 5.72. The number of benzene rings is 1. The van der Waals surface area contributed by atoms with Gasteiger partial charge in [-0.15, -0.1) is 6.58 Å². The number of hydrogen-bond donors (Lipinski definition) is 1. The molecule has 5 heteroatoms. The first-order valence-electron chi connectivity index (χ1n) is 8.86. The van der Waals surface area contributed by atoms with E-state index in [1.165, 1.54) is 0 Å². The van der Waals surface area contributed by atoms with Gasteiger partial charge in [0.25, 0.3) is 0 Å². The second-order valence-corrected chi connectivity index (χ2v) is 9.11. The minimum Gasteiger partial charge on any atom is -0.497 e. The lowest BCUT2D eigenvalue weighted by molar-refractivity contribution is 0.116. The maximum atomic E-state index is 12.2. The van der Waals surface area contributed by atoms with Crippen molar-refractivity contribution in [3.8, 4) is 5.75 Å². The molecule has 0 aliphatic rings. The molecule has 0 fully saturated rings. The lowest BCUT2D eigenvalue weighted by Gasteiger charge is -2.23. The third kappa shape index (κ3) is 9.19. The number of methoxy groups -OCH3 is 1. The van der Waals surface area contributed by atoms with Gasteiger partial charge in [-0.05, 0) is 64.2 Å². The molecule has 4 nitrogen and oxygen atoms in total. The Morgan fingerprint density at radius 2 is 1.92 bits per heavy atom. The highest BCUT2D eigenvalue weighted by Crippen LogP contribution is 2.14. The summed E-state index contributed by atoms with van der Waals surface area (Å²) in [7, 11) is 0.619. The van der Waals surface area contributed by atoms with E-state index in [1.54, 1.807) is 7.11 Å². The fourth-order valence-electron chi connectivity index (χ4n) is 2.26. The zero-order chi connectivity index (χ0) is 18.7. The molecule has 0 aliphatic carbocycles. The molecule has 0 spiro atoms. The Labute approximate surface area is 155 Å². The van der Waals surface area contributed by atoms with Gasteiger partial charge >= 0.3 is 0 Å². The summed E-state index contributed by atoms with van der Waals surface area (Å²) < 4.78 is 26.1. The van der Waals surface area contributed by atoms with Crippen LogP contribution < -0.4 is 9.46 Å². The van der Waals surface area contributed by atoms with Gasteiger partial charge in [0, 0.05) is 12.6 Å². The highest BCUT2D eigenvalue weighted by atomic mass is 32.2. The predicted molar refractivity (Wildman–Crippen MR) is 106 cm³/mol. The second-order valence-electron chi connectivity index (χ2n) is 7.12. The largest absolute Gasteiger partial charge is 0.497 e. The molecule has 1 aromatic rings. The van der Waals surface area contributed by atoms with Gasteiger partial charge in [0.1, 0.15) is 5.75 Å². The highest BCUT2D eigenvalue weighted by molar-refractivity contribution is 7.84. The monoisotopic (exact) mass is 367 g/mol. The molecule has 0 heterocycles. The Hall–Kier alpha value is -1.17. The van der Waals surface area contributed by atoms with Gasteiger partial charge in [-0.2, -0.15) is 0 Å². The quantitative estimate of drug-likeness (QED) is 0.440. The van der Waals surface area contributed by atoms with E-state index in [2.05, 4.69) is 11.3 Å². The van der Waals surface area contributed by atoms with Crippen LogP contribution in [0.4, 0.5) is 0 Å². The first-order chi connectivity index (χ1) is 11.9. The van der Waals surface area contributed by atoms with Crippen LogP contribution >= 0.6 is 0 Å². The first-order valence-corrected chi connectivity index (χ1v) is 10.0. The number of nitrogens with one attached hydrogen (secondary N) is 1. The average Bonchev–Trinajstić information content (AvgIpc) is 2.57. The third-order valence-corrected chi connectivity index (χ3v) is 5.46. The van der Waals surface area contributed by atoms with Gasteiger partial charge in [0.15, 0.2) is 0 Å². The van der Waals surface area contributed by atoms with E-state index < -0.39 is 11.0 Å². The Morgan fingerprint density at radius 1 is 1.24 bits per heavy atom. The van der Waals surface area contributed by atoms with E-state index in [0.29, 0.717) is 6.61 Å². The molecule has 1 N–H and O–H groups in total. The minimum absolute atomic E-state index is 0.208. The van der Waals surface area contributed by atoms with Gasteiger partial charge in [-0.1, -0.05) is 18.2 Å². The van der Waals surface area contributed by atoms with E-state index >= 15 is 0 Å². The molecule has 0 saturated carbocycles. The Balaban J connectivity index is 2.22. The molecule has 0 aromatic heterocycles. The van der Waals surface area contributed by atoms with Gasteiger partial charge in [-0.3, -0.25) is 0 Å². The molecular weight excluding hydrogens is 334 g/mol. The van der Waals surface area contributed by atoms with Crippen LogP contribution in [-0.4, -0.2) is 28.7 Å². The lowest BCUT2D eigenvalue weighted by atomic mass is 10.1. The van der Waals surface area contributed by atoms with E-state index in [-0.39, 0.29) is 10.8 Å². The minimum atomic E-state index is -1.04. The summed E-state index contributed by atoms with van der Waals surface area (Å²) in [5.41, 5.74) is 1.15. The smallest absolute Gasteiger partial charge is 0.118 e. The molecule has 0 bridgehead atoms. The molecule has 0 saturated heterocycles. The van der Waals surface area contributed by atoms with Crippen LogP contribution in [-0.2, 0) is 22.3 Å². The van der Waals surface area contributed by atoms with Crippen molar-refractivity contribution in [3.05, 3.63) is 42.5 Å². The Kier molecular flexibility index (Phi) is 10.0. The topological polar surface area (TPSA) is 47.6 Å². The normalized spacial score (nSPS) is 14.1. The maximum absolute atomic E-state index is 12.2. The van der Waals surface area contributed by atoms with E-state index in [1.807, 2.05) is 51.1 Å². The van der Waals surface area contributed by atoms with Crippen LogP contribution in [0.3, 0.4) is 0 Å². The zero-order valence-electron chi connectivity index (χ0n) is 16.0. The summed E-state index contributed by atoms with van der Waals surface area (Å²) >= 11 is 0. The summed E-state index contributed by atoms with van der Waals surface area (Å²) in [5, 5.41) is 0. The van der Waals surface area contributed by atoms with Crippen LogP contribution in [0.2, 0.25) is 0 Å². The van der Waals surface area contributed by atoms with E-state index in [0.717, 1.165) is 43.6 Å². The summed E-state index contributed by atoms with van der Waals surface area (Å²) in [4.78, 5) is 0. The summed E-state index contributed by atoms with van der Waals surface area (Å²) in [5.74, 6) is 0.858. The molecule has 1 unspecified atom stereocenters. The first kappa shape index (κ1) is 21.9. The Bertz CT molecular complexity index is 523. The average molecular weight is 368 g/mol. The summed E-state index contributed by atoms with van der Waals surface area (Å²) in [6, 6.07) is 8.13. The van der Waals surface area contributed by atoms with Crippen LogP contribution in [0.1, 0.15) is 52.0 Å². The van der Waals surface area contributed by atoms with Gasteiger partial charge in [0.05, 0.1) is 29.4 Å². The fraction of sp³-hybridized carbons (Fsp3) is 0.600. The number of unbranched alkanes of at least 4 members (excludes halogenated alkanes) is 1. The number of hydrogen-bond acceptors (Lipinski definition) is 3. The van der Waals surface area contributed by atoms with Crippen molar-refractivity contribution in [2.75, 3.05) is 13.7 Å². The van der Waals surface area contributed by atoms with Crippen molar-refractivity contribution in [1.29, 1.82) is 0 Å². The van der Waals surface area contributed by atoms with Crippen LogP contribution in [0.5, 0.6) is 5.75 Å². The zero-order valence-corrected chi connectivity index (χ0v) is 16.9. The molecule has 1 rings (SSSR count). The lowest BCUT2D eigenvalue weighted by Crippen LogP contribution is -2.39. The molecule has 0 amide bonds. The van der Waals surface area contributed by atoms with E-state index in [4.69, 9.17) is 9.47 Å². The summed E-state index contributed by atoms with van der Waals surface area (Å²) in [6.45, 7) is 11.1. The second kappa shape index (κ2) is 11.4. The number of ether oxygens (including phenoxy) is 2. The molecule has 142 valence electrons. The van der Waals surface area contributed by atoms with Crippen molar-refractivity contribution in [1.82, 2.24) is 4.72 Å². The van der Waals surface area contributed by atoms with E-state index in [9.17, 15) is 4.21 Å². The van der Waals surface area contributed by atoms with Gasteiger partial charge in [0.2, 0.25) is 0 Å². The predicted octanol–water partition coefficient (Wildman–Crippen LogP) is 4.38. The van der Waals surface area contributed by atoms with Crippen molar-refractivity contribution in [2.24, 2.45) is 0 Å². The molecule has 25 heavy (non-hydrogen) atoms. The number of rotatable bonds is 12. The van der Waals surface area contributed by atoms with Crippen molar-refractivity contribution in [2.45, 2.75) is 63.9 Å². The molecule has 0 aliphatic heterocycles. The van der Waals surface area contributed by atoms with Crippen LogP contribution in [0.15, 0.2) is 36.9 Å². The van der Waals surface area contributed by atoms with Crippen molar-refractivity contribution < 1.29 is 13.7 Å². The van der Waals surface area contributed by atoms with Crippen LogP contribution in [0.25, 0.3) is 0 Å². The Morgan fingerprint density at radius 3 is 2.48 bits per heavy atom. The molecular formula is C20H33NO3S. The maximum Gasteiger partial charge on any atom is 0.118 e.